The molecule has 0 aromatic heterocycles. The van der Waals surface area contributed by atoms with Gasteiger partial charge in [0.15, 0.2) is 0 Å². The van der Waals surface area contributed by atoms with Crippen molar-refractivity contribution in [2.24, 2.45) is 0 Å². The quantitative estimate of drug-likeness (QED) is 0.723. The van der Waals surface area contributed by atoms with Crippen LogP contribution in [0.15, 0.2) is 24.3 Å². The molecule has 2 nitrogen and oxygen atoms in total. The second-order valence-electron chi connectivity index (χ2n) is 3.41. The van der Waals surface area contributed by atoms with Gasteiger partial charge in [0, 0.05) is 5.02 Å². The fourth-order valence-electron chi connectivity index (χ4n) is 1.25. The first-order chi connectivity index (χ1) is 7.33. The SMILES string of the molecule is CCCNCCCOc1cccc(Cl)c1. The molecule has 0 spiro atoms. The molecule has 1 aromatic carbocycles. The van der Waals surface area contributed by atoms with Crippen molar-refractivity contribution in [3.8, 4) is 5.75 Å². The maximum absolute atomic E-state index is 5.83. The molecular weight excluding hydrogens is 210 g/mol. The Hall–Kier alpha value is -0.730. The van der Waals surface area contributed by atoms with Crippen LogP contribution in [0.4, 0.5) is 0 Å². The molecule has 0 atom stereocenters. The minimum atomic E-state index is 0.719. The molecule has 1 rings (SSSR count). The molecule has 15 heavy (non-hydrogen) atoms. The molecule has 1 N–H and O–H groups in total. The molecule has 1 aromatic rings. The largest absolute Gasteiger partial charge is 0.493 e. The molecule has 0 aliphatic carbocycles. The first kappa shape index (κ1) is 12.3. The zero-order valence-electron chi connectivity index (χ0n) is 9.13. The molecule has 0 aliphatic rings. The van der Waals surface area contributed by atoms with E-state index in [-0.39, 0.29) is 0 Å². The Kier molecular flexibility index (Phi) is 6.21. The highest BCUT2D eigenvalue weighted by Crippen LogP contribution is 2.16. The molecule has 0 saturated heterocycles. The van der Waals surface area contributed by atoms with E-state index in [0.29, 0.717) is 0 Å². The van der Waals surface area contributed by atoms with Crippen molar-refractivity contribution in [3.63, 3.8) is 0 Å². The van der Waals surface area contributed by atoms with Crippen molar-refractivity contribution in [2.75, 3.05) is 19.7 Å². The molecule has 0 radical (unpaired) electrons. The monoisotopic (exact) mass is 227 g/mol. The highest BCUT2D eigenvalue weighted by atomic mass is 35.5. The van der Waals surface area contributed by atoms with E-state index >= 15 is 0 Å². The van der Waals surface area contributed by atoms with Crippen molar-refractivity contribution >= 4 is 11.6 Å². The third kappa shape index (κ3) is 5.65. The Balaban J connectivity index is 2.10. The molecule has 84 valence electrons. The van der Waals surface area contributed by atoms with Crippen LogP contribution in [0.3, 0.4) is 0 Å². The molecule has 0 bridgehead atoms. The lowest BCUT2D eigenvalue weighted by Crippen LogP contribution is -2.17. The predicted octanol–water partition coefficient (Wildman–Crippen LogP) is 3.11. The van der Waals surface area contributed by atoms with Crippen LogP contribution in [0.2, 0.25) is 5.02 Å². The maximum atomic E-state index is 5.83. The van der Waals surface area contributed by atoms with E-state index in [4.69, 9.17) is 16.3 Å². The number of halogens is 1. The van der Waals surface area contributed by atoms with Crippen LogP contribution >= 0.6 is 11.6 Å². The molecule has 0 unspecified atom stereocenters. The Morgan fingerprint density at radius 2 is 2.20 bits per heavy atom. The van der Waals surface area contributed by atoms with Crippen molar-refractivity contribution in [1.29, 1.82) is 0 Å². The number of nitrogens with one attached hydrogen (secondary N) is 1. The van der Waals surface area contributed by atoms with E-state index in [0.717, 1.165) is 36.9 Å². The van der Waals surface area contributed by atoms with E-state index < -0.39 is 0 Å². The van der Waals surface area contributed by atoms with Gasteiger partial charge in [0.25, 0.3) is 0 Å². The van der Waals surface area contributed by atoms with E-state index in [1.165, 1.54) is 6.42 Å². The summed E-state index contributed by atoms with van der Waals surface area (Å²) in [5, 5.41) is 4.05. The molecular formula is C12H18ClNO. The number of ether oxygens (including phenoxy) is 1. The van der Waals surface area contributed by atoms with Crippen molar-refractivity contribution in [3.05, 3.63) is 29.3 Å². The Bertz CT molecular complexity index is 278. The van der Waals surface area contributed by atoms with Gasteiger partial charge >= 0.3 is 0 Å². The van der Waals surface area contributed by atoms with Crippen LogP contribution in [0.25, 0.3) is 0 Å². The normalized spacial score (nSPS) is 10.3. The first-order valence-corrected chi connectivity index (χ1v) is 5.80. The van der Waals surface area contributed by atoms with Gasteiger partial charge < -0.3 is 10.1 Å². The number of benzene rings is 1. The minimum Gasteiger partial charge on any atom is -0.493 e. The highest BCUT2D eigenvalue weighted by molar-refractivity contribution is 6.30. The van der Waals surface area contributed by atoms with Gasteiger partial charge in [-0.15, -0.1) is 0 Å². The number of hydrogen-bond acceptors (Lipinski definition) is 2. The molecule has 0 aliphatic heterocycles. The maximum Gasteiger partial charge on any atom is 0.120 e. The van der Waals surface area contributed by atoms with E-state index in [2.05, 4.69) is 12.2 Å². The summed E-state index contributed by atoms with van der Waals surface area (Å²) in [5.74, 6) is 0.845. The summed E-state index contributed by atoms with van der Waals surface area (Å²) in [4.78, 5) is 0. The first-order valence-electron chi connectivity index (χ1n) is 5.42. The van der Waals surface area contributed by atoms with Crippen molar-refractivity contribution in [1.82, 2.24) is 5.32 Å². The number of hydrogen-bond donors (Lipinski definition) is 1. The van der Waals surface area contributed by atoms with Gasteiger partial charge in [-0.25, -0.2) is 0 Å². The molecule has 0 fully saturated rings. The van der Waals surface area contributed by atoms with Gasteiger partial charge in [-0.3, -0.25) is 0 Å². The van der Waals surface area contributed by atoms with Gasteiger partial charge in [0.2, 0.25) is 0 Å². The summed E-state index contributed by atoms with van der Waals surface area (Å²) >= 11 is 5.83. The lowest BCUT2D eigenvalue weighted by molar-refractivity contribution is 0.308. The average molecular weight is 228 g/mol. The standard InChI is InChI=1S/C12H18ClNO/c1-2-7-14-8-4-9-15-12-6-3-5-11(13)10-12/h3,5-6,10,14H,2,4,7-9H2,1H3. The molecule has 0 heterocycles. The third-order valence-electron chi connectivity index (χ3n) is 1.99. The fourth-order valence-corrected chi connectivity index (χ4v) is 1.43. The summed E-state index contributed by atoms with van der Waals surface area (Å²) in [5.41, 5.74) is 0. The summed E-state index contributed by atoms with van der Waals surface area (Å²) in [6, 6.07) is 7.50. The van der Waals surface area contributed by atoms with E-state index in [9.17, 15) is 0 Å². The second-order valence-corrected chi connectivity index (χ2v) is 3.85. The predicted molar refractivity (Wildman–Crippen MR) is 64.7 cm³/mol. The van der Waals surface area contributed by atoms with Crippen LogP contribution in [-0.4, -0.2) is 19.7 Å². The zero-order chi connectivity index (χ0) is 10.9. The molecule has 0 saturated carbocycles. The van der Waals surface area contributed by atoms with Gasteiger partial charge in [0.1, 0.15) is 5.75 Å². The zero-order valence-corrected chi connectivity index (χ0v) is 9.89. The van der Waals surface area contributed by atoms with Gasteiger partial charge in [0.05, 0.1) is 6.61 Å². The van der Waals surface area contributed by atoms with E-state index in [1.54, 1.807) is 0 Å². The summed E-state index contributed by atoms with van der Waals surface area (Å²) in [7, 11) is 0. The minimum absolute atomic E-state index is 0.719. The van der Waals surface area contributed by atoms with Crippen LogP contribution < -0.4 is 10.1 Å². The van der Waals surface area contributed by atoms with Crippen LogP contribution in [0.1, 0.15) is 19.8 Å². The Labute approximate surface area is 96.6 Å². The Morgan fingerprint density at radius 1 is 1.33 bits per heavy atom. The summed E-state index contributed by atoms with van der Waals surface area (Å²) in [6.45, 7) is 4.98. The van der Waals surface area contributed by atoms with Crippen molar-refractivity contribution < 1.29 is 4.74 Å². The van der Waals surface area contributed by atoms with Crippen molar-refractivity contribution in [2.45, 2.75) is 19.8 Å². The highest BCUT2D eigenvalue weighted by Gasteiger charge is 1.94. The number of rotatable bonds is 7. The van der Waals surface area contributed by atoms with Gasteiger partial charge in [-0.1, -0.05) is 24.6 Å². The van der Waals surface area contributed by atoms with Crippen LogP contribution in [-0.2, 0) is 0 Å². The van der Waals surface area contributed by atoms with Gasteiger partial charge in [-0.2, -0.15) is 0 Å². The average Bonchev–Trinajstić information content (AvgIpc) is 2.23. The molecule has 0 amide bonds. The lowest BCUT2D eigenvalue weighted by atomic mass is 10.3. The van der Waals surface area contributed by atoms with Gasteiger partial charge in [-0.05, 0) is 44.1 Å². The van der Waals surface area contributed by atoms with Crippen LogP contribution in [0, 0.1) is 0 Å². The van der Waals surface area contributed by atoms with E-state index in [1.807, 2.05) is 24.3 Å². The fraction of sp³-hybridized carbons (Fsp3) is 0.500. The second kappa shape index (κ2) is 7.55. The topological polar surface area (TPSA) is 21.3 Å². The van der Waals surface area contributed by atoms with Crippen LogP contribution in [0.5, 0.6) is 5.75 Å². The third-order valence-corrected chi connectivity index (χ3v) is 2.22. The lowest BCUT2D eigenvalue weighted by Gasteiger charge is -2.06. The molecule has 3 heteroatoms. The Morgan fingerprint density at radius 3 is 2.93 bits per heavy atom. The smallest absolute Gasteiger partial charge is 0.120 e. The summed E-state index contributed by atoms with van der Waals surface area (Å²) < 4.78 is 5.54. The summed E-state index contributed by atoms with van der Waals surface area (Å²) in [6.07, 6.45) is 2.20.